The fourth-order valence-corrected chi connectivity index (χ4v) is 3.50. The molecule has 1 aliphatic heterocycles. The number of carbonyl (C=O) groups excluding carboxylic acids is 2. The van der Waals surface area contributed by atoms with Gasteiger partial charge in [0, 0.05) is 30.8 Å². The zero-order valence-corrected chi connectivity index (χ0v) is 16.6. The van der Waals surface area contributed by atoms with Crippen molar-refractivity contribution in [1.29, 1.82) is 0 Å². The van der Waals surface area contributed by atoms with Gasteiger partial charge in [0.2, 0.25) is 5.91 Å². The predicted molar refractivity (Wildman–Crippen MR) is 106 cm³/mol. The molecule has 1 aliphatic rings. The van der Waals surface area contributed by atoms with Crippen molar-refractivity contribution in [2.45, 2.75) is 19.4 Å². The summed E-state index contributed by atoms with van der Waals surface area (Å²) in [6.07, 6.45) is 1.46. The van der Waals surface area contributed by atoms with Gasteiger partial charge in [0.05, 0.1) is 20.1 Å². The van der Waals surface area contributed by atoms with E-state index in [9.17, 15) is 14.0 Å². The summed E-state index contributed by atoms with van der Waals surface area (Å²) in [4.78, 5) is 27.0. The molecule has 6 nitrogen and oxygen atoms in total. The SMILES string of the molecule is COc1ccc(OC)c(CNC(=O)C2CCCN(C(=O)c3ccc(F)cc3)C2)c1. The molecule has 29 heavy (non-hydrogen) atoms. The van der Waals surface area contributed by atoms with Crippen molar-refractivity contribution >= 4 is 11.8 Å². The Morgan fingerprint density at radius 1 is 1.14 bits per heavy atom. The highest BCUT2D eigenvalue weighted by Crippen LogP contribution is 2.24. The first-order valence-electron chi connectivity index (χ1n) is 9.55. The van der Waals surface area contributed by atoms with Gasteiger partial charge in [-0.05, 0) is 55.3 Å². The number of likely N-dealkylation sites (tertiary alicyclic amines) is 1. The van der Waals surface area contributed by atoms with E-state index in [4.69, 9.17) is 9.47 Å². The molecule has 1 fully saturated rings. The lowest BCUT2D eigenvalue weighted by Gasteiger charge is -2.32. The standard InChI is InChI=1S/C22H25FN2O4/c1-28-19-9-10-20(29-2)17(12-19)13-24-21(26)16-4-3-11-25(14-16)22(27)15-5-7-18(23)8-6-15/h5-10,12,16H,3-4,11,13-14H2,1-2H3,(H,24,26). The van der Waals surface area contributed by atoms with Crippen LogP contribution in [0.3, 0.4) is 0 Å². The van der Waals surface area contributed by atoms with Gasteiger partial charge in [-0.1, -0.05) is 0 Å². The number of amides is 2. The molecule has 0 bridgehead atoms. The Bertz CT molecular complexity index is 870. The molecule has 154 valence electrons. The molecular formula is C22H25FN2O4. The largest absolute Gasteiger partial charge is 0.497 e. The van der Waals surface area contributed by atoms with Crippen LogP contribution in [0.25, 0.3) is 0 Å². The third-order valence-corrected chi connectivity index (χ3v) is 5.11. The second kappa shape index (κ2) is 9.41. The molecule has 1 saturated heterocycles. The number of hydrogen-bond acceptors (Lipinski definition) is 4. The Morgan fingerprint density at radius 2 is 1.90 bits per heavy atom. The van der Waals surface area contributed by atoms with Crippen molar-refractivity contribution in [1.82, 2.24) is 10.2 Å². The maximum absolute atomic E-state index is 13.1. The lowest BCUT2D eigenvalue weighted by Crippen LogP contribution is -2.45. The smallest absolute Gasteiger partial charge is 0.253 e. The zero-order chi connectivity index (χ0) is 20.8. The van der Waals surface area contributed by atoms with Gasteiger partial charge in [-0.3, -0.25) is 9.59 Å². The highest BCUT2D eigenvalue weighted by atomic mass is 19.1. The number of piperidine rings is 1. The number of methoxy groups -OCH3 is 2. The minimum absolute atomic E-state index is 0.105. The van der Waals surface area contributed by atoms with Gasteiger partial charge < -0.3 is 19.7 Å². The van der Waals surface area contributed by atoms with E-state index in [-0.39, 0.29) is 23.5 Å². The van der Waals surface area contributed by atoms with Crippen LogP contribution in [0.4, 0.5) is 4.39 Å². The third kappa shape index (κ3) is 5.04. The summed E-state index contributed by atoms with van der Waals surface area (Å²) in [5.74, 6) is 0.394. The fourth-order valence-electron chi connectivity index (χ4n) is 3.50. The van der Waals surface area contributed by atoms with Gasteiger partial charge in [-0.15, -0.1) is 0 Å². The van der Waals surface area contributed by atoms with Crippen molar-refractivity contribution in [3.05, 3.63) is 59.4 Å². The van der Waals surface area contributed by atoms with Gasteiger partial charge >= 0.3 is 0 Å². The average Bonchev–Trinajstić information content (AvgIpc) is 2.77. The van der Waals surface area contributed by atoms with Crippen molar-refractivity contribution in [3.8, 4) is 11.5 Å². The molecule has 0 aliphatic carbocycles. The molecule has 1 heterocycles. The molecular weight excluding hydrogens is 375 g/mol. The van der Waals surface area contributed by atoms with Gasteiger partial charge in [-0.25, -0.2) is 4.39 Å². The summed E-state index contributed by atoms with van der Waals surface area (Å²) >= 11 is 0. The van der Waals surface area contributed by atoms with Gasteiger partial charge in [0.25, 0.3) is 5.91 Å². The second-order valence-corrected chi connectivity index (χ2v) is 6.99. The van der Waals surface area contributed by atoms with Gasteiger partial charge in [0.1, 0.15) is 17.3 Å². The summed E-state index contributed by atoms with van der Waals surface area (Å²) in [6, 6.07) is 10.9. The summed E-state index contributed by atoms with van der Waals surface area (Å²) in [5.41, 5.74) is 1.24. The molecule has 1 atom stereocenters. The van der Waals surface area contributed by atoms with E-state index in [0.29, 0.717) is 43.1 Å². The fraction of sp³-hybridized carbons (Fsp3) is 0.364. The molecule has 1 N–H and O–H groups in total. The van der Waals surface area contributed by atoms with Crippen LogP contribution in [0.15, 0.2) is 42.5 Å². The topological polar surface area (TPSA) is 67.9 Å². The first-order valence-corrected chi connectivity index (χ1v) is 9.55. The number of carbonyl (C=O) groups is 2. The quantitative estimate of drug-likeness (QED) is 0.810. The molecule has 2 aromatic rings. The molecule has 3 rings (SSSR count). The maximum Gasteiger partial charge on any atom is 0.253 e. The van der Waals surface area contributed by atoms with Crippen LogP contribution in [0.2, 0.25) is 0 Å². The Balaban J connectivity index is 1.61. The van der Waals surface area contributed by atoms with Crippen molar-refractivity contribution in [2.75, 3.05) is 27.3 Å². The monoisotopic (exact) mass is 400 g/mol. The third-order valence-electron chi connectivity index (χ3n) is 5.11. The van der Waals surface area contributed by atoms with Crippen LogP contribution in [0.5, 0.6) is 11.5 Å². The Morgan fingerprint density at radius 3 is 2.59 bits per heavy atom. The molecule has 7 heteroatoms. The van der Waals surface area contributed by atoms with E-state index in [1.807, 2.05) is 6.07 Å². The van der Waals surface area contributed by atoms with Gasteiger partial charge in [-0.2, -0.15) is 0 Å². The number of halogens is 1. The normalized spacial score (nSPS) is 16.2. The first-order chi connectivity index (χ1) is 14.0. The molecule has 2 aromatic carbocycles. The maximum atomic E-state index is 13.1. The number of nitrogens with one attached hydrogen (secondary N) is 1. The Kier molecular flexibility index (Phi) is 6.69. The Hall–Kier alpha value is -3.09. The van der Waals surface area contributed by atoms with E-state index >= 15 is 0 Å². The number of ether oxygens (including phenoxy) is 2. The summed E-state index contributed by atoms with van der Waals surface area (Å²) in [7, 11) is 3.16. The molecule has 0 radical (unpaired) electrons. The summed E-state index contributed by atoms with van der Waals surface area (Å²) in [6.45, 7) is 1.24. The van der Waals surface area contributed by atoms with E-state index in [2.05, 4.69) is 5.32 Å². The molecule has 0 spiro atoms. The van der Waals surface area contributed by atoms with E-state index in [1.165, 1.54) is 24.3 Å². The molecule has 1 unspecified atom stereocenters. The van der Waals surface area contributed by atoms with Crippen LogP contribution in [-0.2, 0) is 11.3 Å². The van der Waals surface area contributed by atoms with Crippen molar-refractivity contribution < 1.29 is 23.5 Å². The predicted octanol–water partition coefficient (Wildman–Crippen LogP) is 3.01. The van der Waals surface area contributed by atoms with Crippen molar-refractivity contribution in [2.24, 2.45) is 5.92 Å². The summed E-state index contributed by atoms with van der Waals surface area (Å²) < 4.78 is 23.7. The number of nitrogens with zero attached hydrogens (tertiary/aromatic N) is 1. The molecule has 0 saturated carbocycles. The average molecular weight is 400 g/mol. The van der Waals surface area contributed by atoms with Crippen LogP contribution in [0, 0.1) is 11.7 Å². The molecule has 0 aromatic heterocycles. The first kappa shape index (κ1) is 20.6. The van der Waals surface area contributed by atoms with E-state index in [0.717, 1.165) is 12.0 Å². The lowest BCUT2D eigenvalue weighted by molar-refractivity contribution is -0.126. The van der Waals surface area contributed by atoms with Crippen LogP contribution in [0.1, 0.15) is 28.8 Å². The number of rotatable bonds is 6. The van der Waals surface area contributed by atoms with Crippen molar-refractivity contribution in [3.63, 3.8) is 0 Å². The van der Waals surface area contributed by atoms with E-state index in [1.54, 1.807) is 31.3 Å². The Labute approximate surface area is 169 Å². The minimum atomic E-state index is -0.384. The van der Waals surface area contributed by atoms with Gasteiger partial charge in [0.15, 0.2) is 0 Å². The van der Waals surface area contributed by atoms with Crippen LogP contribution < -0.4 is 14.8 Å². The minimum Gasteiger partial charge on any atom is -0.497 e. The lowest BCUT2D eigenvalue weighted by atomic mass is 9.96. The highest BCUT2D eigenvalue weighted by Gasteiger charge is 2.29. The number of benzene rings is 2. The van der Waals surface area contributed by atoms with E-state index < -0.39 is 0 Å². The van der Waals surface area contributed by atoms with Crippen LogP contribution in [-0.4, -0.2) is 44.0 Å². The highest BCUT2D eigenvalue weighted by molar-refractivity contribution is 5.94. The van der Waals surface area contributed by atoms with Crippen LogP contribution >= 0.6 is 0 Å². The zero-order valence-electron chi connectivity index (χ0n) is 16.6. The molecule has 2 amide bonds. The summed E-state index contributed by atoms with van der Waals surface area (Å²) in [5, 5.41) is 2.94. The number of hydrogen-bond donors (Lipinski definition) is 1. The second-order valence-electron chi connectivity index (χ2n) is 6.99.